The Balaban J connectivity index is 1.37. The van der Waals surface area contributed by atoms with Gasteiger partial charge in [0, 0.05) is 56.9 Å². The van der Waals surface area contributed by atoms with Gasteiger partial charge >= 0.3 is 0 Å². The van der Waals surface area contributed by atoms with E-state index >= 15 is 0 Å². The van der Waals surface area contributed by atoms with Crippen LogP contribution in [-0.4, -0.2) is 5.91 Å². The highest BCUT2D eigenvalue weighted by Crippen LogP contribution is 2.54. The van der Waals surface area contributed by atoms with E-state index in [1.54, 1.807) is 6.92 Å². The van der Waals surface area contributed by atoms with Crippen molar-refractivity contribution in [2.75, 3.05) is 15.1 Å². The number of carbonyl (C=O) groups is 1. The van der Waals surface area contributed by atoms with Gasteiger partial charge in [-0.3, -0.25) is 4.79 Å². The standard InChI is InChI=1S/C53H43N3O/c1-35(57)54-38-26-24-36(25-27-38)45-34-49(56(41-20-12-6-13-21-41)42-22-14-7-15-23-42)46-33-47-50-37(30-31-53(47,2)3)32-48(44-29-28-43(45)51(46)52(44)50)55(39-16-8-4-9-17-39)40-18-10-5-11-19-40/h4-29,32-34H,30-31H2,1-3H3,(H,54,57). The molecule has 57 heavy (non-hydrogen) atoms. The van der Waals surface area contributed by atoms with Gasteiger partial charge in [0.25, 0.3) is 0 Å². The van der Waals surface area contributed by atoms with Crippen LogP contribution in [0.4, 0.5) is 39.8 Å². The average molecular weight is 738 g/mol. The van der Waals surface area contributed by atoms with Gasteiger partial charge < -0.3 is 15.1 Å². The minimum absolute atomic E-state index is 0.0281. The lowest BCUT2D eigenvalue weighted by Crippen LogP contribution is -2.24. The molecule has 1 amide bonds. The minimum Gasteiger partial charge on any atom is -0.326 e. The molecule has 0 spiro atoms. The first-order valence-corrected chi connectivity index (χ1v) is 19.9. The van der Waals surface area contributed by atoms with E-state index in [1.165, 1.54) is 49.1 Å². The Kier molecular flexibility index (Phi) is 8.30. The van der Waals surface area contributed by atoms with Crippen LogP contribution in [0.25, 0.3) is 43.4 Å². The largest absolute Gasteiger partial charge is 0.326 e. The third-order valence-corrected chi connectivity index (χ3v) is 11.8. The molecule has 4 nitrogen and oxygen atoms in total. The topological polar surface area (TPSA) is 35.6 Å². The van der Waals surface area contributed by atoms with Crippen molar-refractivity contribution >= 4 is 78.0 Å². The van der Waals surface area contributed by atoms with Crippen molar-refractivity contribution in [2.24, 2.45) is 0 Å². The van der Waals surface area contributed by atoms with Gasteiger partial charge in [0.15, 0.2) is 0 Å². The molecule has 9 aromatic carbocycles. The molecule has 1 N–H and O–H groups in total. The maximum absolute atomic E-state index is 12.0. The second-order valence-corrected chi connectivity index (χ2v) is 15.9. The first-order chi connectivity index (χ1) is 27.9. The van der Waals surface area contributed by atoms with Crippen molar-refractivity contribution < 1.29 is 4.79 Å². The monoisotopic (exact) mass is 737 g/mol. The number of carbonyl (C=O) groups excluding carboxylic acids is 1. The van der Waals surface area contributed by atoms with Crippen LogP contribution in [0.2, 0.25) is 0 Å². The first kappa shape index (κ1) is 34.6. The molecule has 0 aromatic heterocycles. The molecule has 0 heterocycles. The Bertz CT molecular complexity index is 2830. The Hall–Kier alpha value is -6.91. The summed E-state index contributed by atoms with van der Waals surface area (Å²) in [4.78, 5) is 16.8. The van der Waals surface area contributed by atoms with Crippen LogP contribution in [0.1, 0.15) is 38.3 Å². The first-order valence-electron chi connectivity index (χ1n) is 19.9. The lowest BCUT2D eigenvalue weighted by Gasteiger charge is -2.37. The summed E-state index contributed by atoms with van der Waals surface area (Å²) in [5, 5.41) is 10.6. The van der Waals surface area contributed by atoms with Crippen LogP contribution >= 0.6 is 0 Å². The number of benzene rings is 9. The predicted molar refractivity (Wildman–Crippen MR) is 241 cm³/mol. The molecular formula is C53H43N3O. The molecule has 0 unspecified atom stereocenters. The van der Waals surface area contributed by atoms with Crippen LogP contribution in [0.5, 0.6) is 0 Å². The lowest BCUT2D eigenvalue weighted by molar-refractivity contribution is -0.114. The molecule has 10 rings (SSSR count). The van der Waals surface area contributed by atoms with E-state index in [-0.39, 0.29) is 11.3 Å². The summed E-state index contributed by atoms with van der Waals surface area (Å²) in [6.45, 7) is 6.39. The van der Waals surface area contributed by atoms with Gasteiger partial charge in [-0.2, -0.15) is 0 Å². The number of hydrogen-bond acceptors (Lipinski definition) is 3. The zero-order chi connectivity index (χ0) is 38.7. The summed E-state index contributed by atoms with van der Waals surface area (Å²) in [6, 6.07) is 63.4. The predicted octanol–water partition coefficient (Wildman–Crippen LogP) is 14.4. The van der Waals surface area contributed by atoms with Crippen LogP contribution in [-0.2, 0) is 16.6 Å². The van der Waals surface area contributed by atoms with Gasteiger partial charge in [0.1, 0.15) is 0 Å². The SMILES string of the molecule is CC(=O)Nc1ccc(-c2cc(N(c3ccccc3)c3ccccc3)c3cc4c5c(cc(N(c6ccccc6)c6ccccc6)c6ccc2c3c65)CCC4(C)C)cc1. The van der Waals surface area contributed by atoms with Gasteiger partial charge in [-0.25, -0.2) is 0 Å². The van der Waals surface area contributed by atoms with Crippen molar-refractivity contribution in [3.63, 3.8) is 0 Å². The van der Waals surface area contributed by atoms with E-state index in [2.05, 4.69) is 193 Å². The fourth-order valence-electron chi connectivity index (χ4n) is 9.17. The van der Waals surface area contributed by atoms with E-state index in [0.717, 1.165) is 58.1 Å². The molecule has 0 atom stereocenters. The minimum atomic E-state index is -0.0824. The number of nitrogens with zero attached hydrogens (tertiary/aromatic N) is 2. The molecule has 0 saturated heterocycles. The van der Waals surface area contributed by atoms with Gasteiger partial charge in [-0.1, -0.05) is 111 Å². The molecular weight excluding hydrogens is 695 g/mol. The van der Waals surface area contributed by atoms with Gasteiger partial charge in [0.05, 0.1) is 11.4 Å². The third-order valence-electron chi connectivity index (χ3n) is 11.8. The molecule has 4 heteroatoms. The van der Waals surface area contributed by atoms with Gasteiger partial charge in [-0.05, 0) is 130 Å². The summed E-state index contributed by atoms with van der Waals surface area (Å²) in [6.07, 6.45) is 2.07. The van der Waals surface area contributed by atoms with Crippen molar-refractivity contribution in [1.29, 1.82) is 0 Å². The summed E-state index contributed by atoms with van der Waals surface area (Å²) in [7, 11) is 0. The molecule has 9 aromatic rings. The van der Waals surface area contributed by atoms with E-state index in [4.69, 9.17) is 0 Å². The normalized spacial score (nSPS) is 13.2. The summed E-state index contributed by atoms with van der Waals surface area (Å²) in [5.41, 5.74) is 12.5. The maximum Gasteiger partial charge on any atom is 0.221 e. The number of nitrogens with one attached hydrogen (secondary N) is 1. The van der Waals surface area contributed by atoms with Crippen molar-refractivity contribution in [2.45, 2.75) is 39.0 Å². The van der Waals surface area contributed by atoms with Crippen LogP contribution < -0.4 is 15.1 Å². The second kappa shape index (κ2) is 13.7. The van der Waals surface area contributed by atoms with E-state index in [1.807, 2.05) is 12.1 Å². The fraction of sp³-hybridized carbons (Fsp3) is 0.113. The second-order valence-electron chi connectivity index (χ2n) is 15.9. The quantitative estimate of drug-likeness (QED) is 0.158. The van der Waals surface area contributed by atoms with Gasteiger partial charge in [0.2, 0.25) is 5.91 Å². The lowest BCUT2D eigenvalue weighted by atomic mass is 9.70. The molecule has 1 aliphatic carbocycles. The summed E-state index contributed by atoms with van der Waals surface area (Å²) in [5.74, 6) is -0.0824. The molecule has 0 bridgehead atoms. The van der Waals surface area contributed by atoms with Crippen molar-refractivity contribution in [3.05, 3.63) is 187 Å². The van der Waals surface area contributed by atoms with Gasteiger partial charge in [-0.15, -0.1) is 0 Å². The number of anilines is 7. The highest BCUT2D eigenvalue weighted by Gasteiger charge is 2.33. The molecule has 0 aliphatic heterocycles. The number of aryl methyl sites for hydroxylation is 1. The average Bonchev–Trinajstić information content (AvgIpc) is 3.24. The highest BCUT2D eigenvalue weighted by atomic mass is 16.1. The smallest absolute Gasteiger partial charge is 0.221 e. The molecule has 0 saturated carbocycles. The van der Waals surface area contributed by atoms with E-state index < -0.39 is 0 Å². The third kappa shape index (κ3) is 5.88. The Morgan fingerprint density at radius 2 is 1.02 bits per heavy atom. The van der Waals surface area contributed by atoms with Crippen molar-refractivity contribution in [3.8, 4) is 11.1 Å². The molecule has 0 radical (unpaired) electrons. The number of para-hydroxylation sites is 4. The zero-order valence-electron chi connectivity index (χ0n) is 32.5. The number of hydrogen-bond donors (Lipinski definition) is 1. The van der Waals surface area contributed by atoms with Crippen LogP contribution in [0.3, 0.4) is 0 Å². The Morgan fingerprint density at radius 1 is 0.526 bits per heavy atom. The Labute approximate surface area is 334 Å². The zero-order valence-corrected chi connectivity index (χ0v) is 32.5. The van der Waals surface area contributed by atoms with E-state index in [0.29, 0.717) is 0 Å². The number of rotatable bonds is 8. The molecule has 276 valence electrons. The molecule has 0 fully saturated rings. The summed E-state index contributed by atoms with van der Waals surface area (Å²) >= 11 is 0. The van der Waals surface area contributed by atoms with Crippen molar-refractivity contribution in [1.82, 2.24) is 0 Å². The molecule has 1 aliphatic rings. The maximum atomic E-state index is 12.0. The number of amides is 1. The van der Waals surface area contributed by atoms with Crippen LogP contribution in [0, 0.1) is 0 Å². The summed E-state index contributed by atoms with van der Waals surface area (Å²) < 4.78 is 0. The Morgan fingerprint density at radius 3 is 1.53 bits per heavy atom. The fourth-order valence-corrected chi connectivity index (χ4v) is 9.17. The highest BCUT2D eigenvalue weighted by molar-refractivity contribution is 6.32. The van der Waals surface area contributed by atoms with E-state index in [9.17, 15) is 4.79 Å². The van der Waals surface area contributed by atoms with Crippen LogP contribution in [0.15, 0.2) is 176 Å².